The third-order valence-corrected chi connectivity index (χ3v) is 6.71. The molecule has 2 aromatic rings. The van der Waals surface area contributed by atoms with E-state index in [2.05, 4.69) is 0 Å². The lowest BCUT2D eigenvalue weighted by Crippen LogP contribution is -2.50. The second-order valence-corrected chi connectivity index (χ2v) is 8.61. The summed E-state index contributed by atoms with van der Waals surface area (Å²) in [6.45, 7) is 0.414. The summed E-state index contributed by atoms with van der Waals surface area (Å²) in [5, 5.41) is 19.8. The first kappa shape index (κ1) is 21.4. The molecule has 0 aliphatic carbocycles. The molecule has 11 heteroatoms. The van der Waals surface area contributed by atoms with Gasteiger partial charge in [0.25, 0.3) is 11.6 Å². The van der Waals surface area contributed by atoms with Crippen LogP contribution in [0.3, 0.4) is 0 Å². The van der Waals surface area contributed by atoms with Gasteiger partial charge in [-0.2, -0.15) is 4.31 Å². The molecule has 0 spiro atoms. The summed E-state index contributed by atoms with van der Waals surface area (Å²) in [6, 6.07) is 11.1. The van der Waals surface area contributed by atoms with Crippen LogP contribution in [0.2, 0.25) is 0 Å². The zero-order chi connectivity index (χ0) is 21.9. The van der Waals surface area contributed by atoms with E-state index in [0.717, 1.165) is 12.1 Å². The molecular weight excluding hydrogens is 414 g/mol. The molecule has 0 radical (unpaired) electrons. The maximum Gasteiger partial charge on any atom is 0.307 e. The first-order chi connectivity index (χ1) is 14.2. The van der Waals surface area contributed by atoms with Gasteiger partial charge < -0.3 is 10.0 Å². The van der Waals surface area contributed by atoms with Crippen LogP contribution in [0, 0.1) is 10.1 Å². The Labute approximate surface area is 172 Å². The van der Waals surface area contributed by atoms with E-state index in [1.165, 1.54) is 21.3 Å². The largest absolute Gasteiger partial charge is 0.481 e. The number of carboxylic acid groups (broad SMARTS) is 1. The summed E-state index contributed by atoms with van der Waals surface area (Å²) < 4.78 is 26.8. The summed E-state index contributed by atoms with van der Waals surface area (Å²) >= 11 is 0. The summed E-state index contributed by atoms with van der Waals surface area (Å²) in [4.78, 5) is 35.4. The zero-order valence-electron chi connectivity index (χ0n) is 15.8. The number of amides is 1. The maximum atomic E-state index is 12.8. The highest BCUT2D eigenvalue weighted by atomic mass is 32.2. The number of nitrogens with zero attached hydrogens (tertiary/aromatic N) is 3. The van der Waals surface area contributed by atoms with E-state index in [-0.39, 0.29) is 54.7 Å². The van der Waals surface area contributed by atoms with Crippen LogP contribution in [0.4, 0.5) is 5.69 Å². The van der Waals surface area contributed by atoms with Crippen molar-refractivity contribution in [2.75, 3.05) is 26.2 Å². The third kappa shape index (κ3) is 4.47. The highest BCUT2D eigenvalue weighted by Crippen LogP contribution is 2.22. The normalized spacial score (nSPS) is 15.0. The second kappa shape index (κ2) is 8.59. The van der Waals surface area contributed by atoms with Crippen molar-refractivity contribution < 1.29 is 28.0 Å². The Hall–Kier alpha value is -3.31. The standard InChI is InChI=1S/C19H19N3O7S/c23-18(24)13-14-3-1-2-4-17(14)19(25)20-9-11-21(12-10-20)30(28,29)16-7-5-15(6-8-16)22(26)27/h1-8H,9-13H2,(H,23,24). The average Bonchev–Trinajstić information content (AvgIpc) is 2.73. The van der Waals surface area contributed by atoms with Crippen molar-refractivity contribution in [3.63, 3.8) is 0 Å². The van der Waals surface area contributed by atoms with Gasteiger partial charge in [-0.05, 0) is 23.8 Å². The Morgan fingerprint density at radius 3 is 2.17 bits per heavy atom. The van der Waals surface area contributed by atoms with Gasteiger partial charge in [-0.3, -0.25) is 19.7 Å². The average molecular weight is 433 g/mol. The topological polar surface area (TPSA) is 138 Å². The van der Waals surface area contributed by atoms with E-state index in [1.54, 1.807) is 24.3 Å². The zero-order valence-corrected chi connectivity index (χ0v) is 16.6. The van der Waals surface area contributed by atoms with E-state index in [9.17, 15) is 28.1 Å². The first-order valence-electron chi connectivity index (χ1n) is 9.03. The van der Waals surface area contributed by atoms with Crippen LogP contribution in [0.5, 0.6) is 0 Å². The van der Waals surface area contributed by atoms with Crippen molar-refractivity contribution in [1.29, 1.82) is 0 Å². The van der Waals surface area contributed by atoms with E-state index in [0.29, 0.717) is 5.56 Å². The molecule has 10 nitrogen and oxygen atoms in total. The van der Waals surface area contributed by atoms with Crippen LogP contribution in [-0.2, 0) is 21.2 Å². The molecule has 1 heterocycles. The minimum Gasteiger partial charge on any atom is -0.481 e. The van der Waals surface area contributed by atoms with Gasteiger partial charge in [-0.1, -0.05) is 18.2 Å². The number of nitro groups is 1. The molecule has 0 unspecified atom stereocenters. The van der Waals surface area contributed by atoms with Crippen LogP contribution >= 0.6 is 0 Å². The third-order valence-electron chi connectivity index (χ3n) is 4.80. The van der Waals surface area contributed by atoms with Gasteiger partial charge >= 0.3 is 5.97 Å². The summed E-state index contributed by atoms with van der Waals surface area (Å²) in [7, 11) is -3.85. The number of sulfonamides is 1. The highest BCUT2D eigenvalue weighted by molar-refractivity contribution is 7.89. The molecule has 2 aromatic carbocycles. The second-order valence-electron chi connectivity index (χ2n) is 6.67. The lowest BCUT2D eigenvalue weighted by molar-refractivity contribution is -0.384. The molecule has 1 fully saturated rings. The van der Waals surface area contributed by atoms with Gasteiger partial charge in [0, 0.05) is 43.9 Å². The fraction of sp³-hybridized carbons (Fsp3) is 0.263. The van der Waals surface area contributed by atoms with Gasteiger partial charge in [-0.25, -0.2) is 8.42 Å². The Morgan fingerprint density at radius 2 is 1.60 bits per heavy atom. The van der Waals surface area contributed by atoms with Crippen molar-refractivity contribution in [3.8, 4) is 0 Å². The maximum absolute atomic E-state index is 12.8. The molecule has 158 valence electrons. The van der Waals surface area contributed by atoms with E-state index < -0.39 is 20.9 Å². The SMILES string of the molecule is O=C(O)Cc1ccccc1C(=O)N1CCN(S(=O)(=O)c2ccc([N+](=O)[O-])cc2)CC1. The number of rotatable bonds is 6. The van der Waals surface area contributed by atoms with E-state index in [1.807, 2.05) is 0 Å². The van der Waals surface area contributed by atoms with Gasteiger partial charge in [-0.15, -0.1) is 0 Å². The lowest BCUT2D eigenvalue weighted by atomic mass is 10.0. The number of aliphatic carboxylic acids is 1. The molecule has 1 aliphatic rings. The van der Waals surface area contributed by atoms with Crippen molar-refractivity contribution in [2.24, 2.45) is 0 Å². The number of piperazine rings is 1. The number of benzene rings is 2. The van der Waals surface area contributed by atoms with Gasteiger partial charge in [0.2, 0.25) is 10.0 Å². The highest BCUT2D eigenvalue weighted by Gasteiger charge is 2.31. The minimum atomic E-state index is -3.85. The summed E-state index contributed by atoms with van der Waals surface area (Å²) in [6.07, 6.45) is -0.281. The van der Waals surface area contributed by atoms with Crippen molar-refractivity contribution in [3.05, 3.63) is 69.8 Å². The quantitative estimate of drug-likeness (QED) is 0.536. The molecule has 1 N–H and O–H groups in total. The van der Waals surface area contributed by atoms with Gasteiger partial charge in [0.15, 0.2) is 0 Å². The minimum absolute atomic E-state index is 0.0559. The number of hydrogen-bond acceptors (Lipinski definition) is 6. The summed E-state index contributed by atoms with van der Waals surface area (Å²) in [5.74, 6) is -1.39. The fourth-order valence-corrected chi connectivity index (χ4v) is 4.66. The Bertz CT molecular complexity index is 1080. The molecule has 1 aliphatic heterocycles. The number of carbonyl (C=O) groups excluding carboxylic acids is 1. The van der Waals surface area contributed by atoms with Crippen molar-refractivity contribution >= 4 is 27.6 Å². The summed E-state index contributed by atoms with van der Waals surface area (Å²) in [5.41, 5.74) is 0.479. The van der Waals surface area contributed by atoms with Crippen LogP contribution < -0.4 is 0 Å². The Kier molecular flexibility index (Phi) is 6.13. The predicted octanol–water partition coefficient (Wildman–Crippen LogP) is 1.37. The first-order valence-corrected chi connectivity index (χ1v) is 10.5. The van der Waals surface area contributed by atoms with Gasteiger partial charge in [0.05, 0.1) is 16.2 Å². The smallest absolute Gasteiger partial charge is 0.307 e. The van der Waals surface area contributed by atoms with Crippen LogP contribution in [0.25, 0.3) is 0 Å². The lowest BCUT2D eigenvalue weighted by Gasteiger charge is -2.34. The number of carboxylic acids is 1. The number of non-ortho nitro benzene ring substituents is 1. The Morgan fingerprint density at radius 1 is 1.00 bits per heavy atom. The van der Waals surface area contributed by atoms with E-state index in [4.69, 9.17) is 5.11 Å². The molecular formula is C19H19N3O7S. The van der Waals surface area contributed by atoms with E-state index >= 15 is 0 Å². The predicted molar refractivity (Wildman–Crippen MR) is 106 cm³/mol. The van der Waals surface area contributed by atoms with Crippen LogP contribution in [0.1, 0.15) is 15.9 Å². The van der Waals surface area contributed by atoms with Crippen molar-refractivity contribution in [1.82, 2.24) is 9.21 Å². The Balaban J connectivity index is 1.71. The molecule has 3 rings (SSSR count). The molecule has 1 amide bonds. The van der Waals surface area contributed by atoms with Gasteiger partial charge in [0.1, 0.15) is 0 Å². The molecule has 0 aromatic heterocycles. The molecule has 30 heavy (non-hydrogen) atoms. The molecule has 0 saturated carbocycles. The number of hydrogen-bond donors (Lipinski definition) is 1. The molecule has 1 saturated heterocycles. The van der Waals surface area contributed by atoms with Crippen molar-refractivity contribution in [2.45, 2.75) is 11.3 Å². The number of carbonyl (C=O) groups is 2. The fourth-order valence-electron chi connectivity index (χ4n) is 3.24. The number of nitro benzene ring substituents is 1. The molecule has 0 bridgehead atoms. The molecule has 0 atom stereocenters. The van der Waals surface area contributed by atoms with Crippen LogP contribution in [0.15, 0.2) is 53.4 Å². The monoisotopic (exact) mass is 433 g/mol. The van der Waals surface area contributed by atoms with Crippen LogP contribution in [-0.4, -0.2) is 65.7 Å².